The van der Waals surface area contributed by atoms with Gasteiger partial charge in [0.25, 0.3) is 5.91 Å². The molecule has 3 aliphatic heterocycles. The molecule has 0 bridgehead atoms. The molecule has 1 aromatic rings. The van der Waals surface area contributed by atoms with Crippen molar-refractivity contribution in [3.8, 4) is 0 Å². The summed E-state index contributed by atoms with van der Waals surface area (Å²) in [6.45, 7) is 7.22. The summed E-state index contributed by atoms with van der Waals surface area (Å²) in [7, 11) is 0. The van der Waals surface area contributed by atoms with Crippen LogP contribution in [0.2, 0.25) is 0 Å². The average molecular weight is 344 g/mol. The maximum Gasteiger partial charge on any atom is 0.274 e. The van der Waals surface area contributed by atoms with Crippen molar-refractivity contribution in [3.63, 3.8) is 0 Å². The van der Waals surface area contributed by atoms with Crippen LogP contribution in [-0.2, 0) is 4.74 Å². The van der Waals surface area contributed by atoms with Gasteiger partial charge in [0, 0.05) is 51.8 Å². The fraction of sp³-hybridized carbons (Fsp3) is 0.737. The number of hydrogen-bond acceptors (Lipinski definition) is 5. The van der Waals surface area contributed by atoms with Crippen LogP contribution in [0, 0.1) is 11.3 Å². The minimum atomic E-state index is 0.0278. The van der Waals surface area contributed by atoms with E-state index in [4.69, 9.17) is 4.74 Å². The molecule has 3 aliphatic rings. The second-order valence-corrected chi connectivity index (χ2v) is 7.92. The van der Waals surface area contributed by atoms with E-state index in [9.17, 15) is 4.79 Å². The minimum Gasteiger partial charge on any atom is -0.381 e. The largest absolute Gasteiger partial charge is 0.381 e. The van der Waals surface area contributed by atoms with Crippen LogP contribution in [-0.4, -0.2) is 71.6 Å². The molecule has 136 valence electrons. The molecule has 3 fully saturated rings. The van der Waals surface area contributed by atoms with E-state index in [2.05, 4.69) is 14.9 Å². The molecule has 25 heavy (non-hydrogen) atoms. The Bertz CT molecular complexity index is 580. The van der Waals surface area contributed by atoms with Crippen molar-refractivity contribution in [1.29, 1.82) is 0 Å². The maximum atomic E-state index is 12.5. The van der Waals surface area contributed by atoms with E-state index >= 15 is 0 Å². The third-order valence-electron chi connectivity index (χ3n) is 6.27. The predicted molar refractivity (Wildman–Crippen MR) is 94.2 cm³/mol. The van der Waals surface area contributed by atoms with Gasteiger partial charge in [-0.2, -0.15) is 0 Å². The van der Waals surface area contributed by atoms with Crippen molar-refractivity contribution in [2.75, 3.05) is 45.9 Å². The number of hydrogen-bond donors (Lipinski definition) is 0. The van der Waals surface area contributed by atoms with Crippen LogP contribution in [0.25, 0.3) is 0 Å². The summed E-state index contributed by atoms with van der Waals surface area (Å²) in [5.74, 6) is 0.835. The highest BCUT2D eigenvalue weighted by Gasteiger charge is 2.41. The second-order valence-electron chi connectivity index (χ2n) is 7.92. The number of aromatic nitrogens is 2. The van der Waals surface area contributed by atoms with Gasteiger partial charge in [-0.05, 0) is 50.0 Å². The first-order valence-corrected chi connectivity index (χ1v) is 9.60. The Balaban J connectivity index is 1.29. The van der Waals surface area contributed by atoms with Crippen LogP contribution in [0.3, 0.4) is 0 Å². The van der Waals surface area contributed by atoms with E-state index in [-0.39, 0.29) is 5.91 Å². The molecule has 1 amide bonds. The van der Waals surface area contributed by atoms with E-state index in [0.717, 1.165) is 45.1 Å². The lowest BCUT2D eigenvalue weighted by molar-refractivity contribution is 0.0487. The van der Waals surface area contributed by atoms with Gasteiger partial charge in [-0.1, -0.05) is 0 Å². The third-order valence-corrected chi connectivity index (χ3v) is 6.27. The van der Waals surface area contributed by atoms with Gasteiger partial charge in [-0.3, -0.25) is 9.78 Å². The minimum absolute atomic E-state index is 0.0278. The standard InChI is InChI=1S/C19H28N4O2/c24-18(17-13-20-6-7-21-17)23-9-4-19(5-10-23)3-8-22(15-19)14-16-1-11-25-12-2-16/h6-7,13,16H,1-5,8-12,14-15H2. The Labute approximate surface area is 149 Å². The van der Waals surface area contributed by atoms with E-state index in [0.29, 0.717) is 11.1 Å². The van der Waals surface area contributed by atoms with Crippen molar-refractivity contribution < 1.29 is 9.53 Å². The number of amides is 1. The molecule has 0 aliphatic carbocycles. The summed E-state index contributed by atoms with van der Waals surface area (Å²) in [5, 5.41) is 0. The Morgan fingerprint density at radius 3 is 2.64 bits per heavy atom. The van der Waals surface area contributed by atoms with Crippen molar-refractivity contribution in [2.45, 2.75) is 32.1 Å². The highest BCUT2D eigenvalue weighted by Crippen LogP contribution is 2.41. The summed E-state index contributed by atoms with van der Waals surface area (Å²) < 4.78 is 5.48. The molecule has 6 heteroatoms. The monoisotopic (exact) mass is 344 g/mol. The van der Waals surface area contributed by atoms with Gasteiger partial charge in [-0.15, -0.1) is 0 Å². The lowest BCUT2D eigenvalue weighted by Crippen LogP contribution is -2.44. The molecule has 1 aromatic heterocycles. The molecular weight excluding hydrogens is 316 g/mol. The molecule has 3 saturated heterocycles. The maximum absolute atomic E-state index is 12.5. The summed E-state index contributed by atoms with van der Waals surface area (Å²) in [6.07, 6.45) is 10.7. The fourth-order valence-electron chi connectivity index (χ4n) is 4.64. The topological polar surface area (TPSA) is 58.6 Å². The molecule has 0 unspecified atom stereocenters. The molecule has 0 radical (unpaired) electrons. The lowest BCUT2D eigenvalue weighted by Gasteiger charge is -2.39. The Morgan fingerprint density at radius 2 is 1.92 bits per heavy atom. The molecule has 4 heterocycles. The van der Waals surface area contributed by atoms with Crippen LogP contribution in [0.1, 0.15) is 42.6 Å². The van der Waals surface area contributed by atoms with E-state index in [1.165, 1.54) is 38.9 Å². The van der Waals surface area contributed by atoms with Crippen LogP contribution < -0.4 is 0 Å². The molecule has 0 atom stereocenters. The van der Waals surface area contributed by atoms with E-state index in [1.54, 1.807) is 18.6 Å². The Morgan fingerprint density at radius 1 is 1.16 bits per heavy atom. The van der Waals surface area contributed by atoms with E-state index < -0.39 is 0 Å². The number of carbonyl (C=O) groups is 1. The second kappa shape index (κ2) is 7.38. The molecular formula is C19H28N4O2. The van der Waals surface area contributed by atoms with Gasteiger partial charge in [0.05, 0.1) is 6.20 Å². The zero-order valence-corrected chi connectivity index (χ0v) is 14.9. The normalized spacial score (nSPS) is 24.7. The number of carbonyl (C=O) groups excluding carboxylic acids is 1. The van der Waals surface area contributed by atoms with Crippen molar-refractivity contribution in [3.05, 3.63) is 24.3 Å². The van der Waals surface area contributed by atoms with Crippen LogP contribution in [0.5, 0.6) is 0 Å². The van der Waals surface area contributed by atoms with Crippen LogP contribution in [0.4, 0.5) is 0 Å². The third kappa shape index (κ3) is 3.85. The van der Waals surface area contributed by atoms with Gasteiger partial charge < -0.3 is 14.5 Å². The molecule has 0 saturated carbocycles. The van der Waals surface area contributed by atoms with Gasteiger partial charge in [0.2, 0.25) is 0 Å². The molecule has 4 rings (SSSR count). The molecule has 0 aromatic carbocycles. The molecule has 0 N–H and O–H groups in total. The smallest absolute Gasteiger partial charge is 0.274 e. The predicted octanol–water partition coefficient (Wildman–Crippen LogP) is 1.83. The molecule has 1 spiro atoms. The summed E-state index contributed by atoms with van der Waals surface area (Å²) in [5.41, 5.74) is 0.885. The van der Waals surface area contributed by atoms with Gasteiger partial charge in [-0.25, -0.2) is 4.98 Å². The van der Waals surface area contributed by atoms with Crippen molar-refractivity contribution in [1.82, 2.24) is 19.8 Å². The first-order valence-electron chi connectivity index (χ1n) is 9.60. The average Bonchev–Trinajstić information content (AvgIpc) is 3.05. The zero-order chi connectivity index (χ0) is 17.1. The van der Waals surface area contributed by atoms with Crippen LogP contribution >= 0.6 is 0 Å². The van der Waals surface area contributed by atoms with Crippen LogP contribution in [0.15, 0.2) is 18.6 Å². The number of piperidine rings is 1. The fourth-order valence-corrected chi connectivity index (χ4v) is 4.64. The molecule has 6 nitrogen and oxygen atoms in total. The number of rotatable bonds is 3. The summed E-state index contributed by atoms with van der Waals surface area (Å²) >= 11 is 0. The first-order chi connectivity index (χ1) is 12.2. The highest BCUT2D eigenvalue weighted by molar-refractivity contribution is 5.92. The summed E-state index contributed by atoms with van der Waals surface area (Å²) in [6, 6.07) is 0. The highest BCUT2D eigenvalue weighted by atomic mass is 16.5. The Kier molecular flexibility index (Phi) is 4.99. The SMILES string of the molecule is O=C(c1cnccn1)N1CCC2(CCN(CC3CCOCC3)C2)CC1. The summed E-state index contributed by atoms with van der Waals surface area (Å²) in [4.78, 5) is 25.3. The van der Waals surface area contributed by atoms with Gasteiger partial charge in [0.15, 0.2) is 0 Å². The lowest BCUT2D eigenvalue weighted by atomic mass is 9.77. The van der Waals surface area contributed by atoms with Crippen molar-refractivity contribution >= 4 is 5.91 Å². The number of ether oxygens (including phenoxy) is 1. The number of nitrogens with zero attached hydrogens (tertiary/aromatic N) is 4. The quantitative estimate of drug-likeness (QED) is 0.837. The zero-order valence-electron chi connectivity index (χ0n) is 14.9. The van der Waals surface area contributed by atoms with Gasteiger partial charge in [0.1, 0.15) is 5.69 Å². The van der Waals surface area contributed by atoms with E-state index in [1.807, 2.05) is 4.90 Å². The number of likely N-dealkylation sites (tertiary alicyclic amines) is 2. The van der Waals surface area contributed by atoms with Gasteiger partial charge >= 0.3 is 0 Å². The first kappa shape index (κ1) is 16.9. The Hall–Kier alpha value is -1.53. The van der Waals surface area contributed by atoms with Crippen molar-refractivity contribution in [2.24, 2.45) is 11.3 Å².